The molecule has 0 atom stereocenters. The van der Waals surface area contributed by atoms with E-state index in [1.165, 1.54) is 96.3 Å². The van der Waals surface area contributed by atoms with Gasteiger partial charge in [0.2, 0.25) is 0 Å². The minimum Gasteiger partial charge on any atom is -0.466 e. The van der Waals surface area contributed by atoms with Gasteiger partial charge in [0.1, 0.15) is 17.5 Å². The summed E-state index contributed by atoms with van der Waals surface area (Å²) in [5.74, 6) is -0.0529. The molecule has 0 aliphatic heterocycles. The highest BCUT2D eigenvalue weighted by Crippen LogP contribution is 2.19. The number of carbonyl (C=O) groups is 2. The van der Waals surface area contributed by atoms with E-state index < -0.39 is 10.9 Å². The summed E-state index contributed by atoms with van der Waals surface area (Å²) >= 11 is 0. The molecule has 63 heavy (non-hydrogen) atoms. The molecule has 0 radical (unpaired) electrons. The Morgan fingerprint density at radius 3 is 1.35 bits per heavy atom. The Morgan fingerprint density at radius 1 is 0.460 bits per heavy atom. The normalized spacial score (nSPS) is 11.7. The summed E-state index contributed by atoms with van der Waals surface area (Å²) in [5, 5.41) is 6.39. The summed E-state index contributed by atoms with van der Waals surface area (Å²) in [5.41, 5.74) is 0.0120. The molecule has 0 fully saturated rings. The molecule has 0 unspecified atom stereocenters. The van der Waals surface area contributed by atoms with Crippen molar-refractivity contribution in [2.75, 3.05) is 70.6 Å². The molecule has 10 nitrogen and oxygen atoms in total. The number of nitrogens with zero attached hydrogens (tertiary/aromatic N) is 2. The van der Waals surface area contributed by atoms with Crippen LogP contribution in [0.2, 0.25) is 0 Å². The summed E-state index contributed by atoms with van der Waals surface area (Å²) in [6.45, 7) is 12.4. The van der Waals surface area contributed by atoms with E-state index in [4.69, 9.17) is 9.47 Å². The topological polar surface area (TPSA) is 117 Å². The maximum Gasteiger partial charge on any atom is 0.306 e. The lowest BCUT2D eigenvalue weighted by molar-refractivity contribution is -0.150. The van der Waals surface area contributed by atoms with Crippen molar-refractivity contribution in [2.45, 2.75) is 245 Å². The second-order valence-electron chi connectivity index (χ2n) is 18.9. The Kier molecular flexibility index (Phi) is 39.2. The van der Waals surface area contributed by atoms with Gasteiger partial charge in [-0.05, 0) is 97.9 Å². The first-order valence-electron chi connectivity index (χ1n) is 26.8. The fourth-order valence-corrected chi connectivity index (χ4v) is 8.38. The average Bonchev–Trinajstić information content (AvgIpc) is 3.27. The van der Waals surface area contributed by atoms with E-state index in [2.05, 4.69) is 36.3 Å². The molecule has 1 rings (SSSR count). The Morgan fingerprint density at radius 2 is 0.857 bits per heavy atom. The van der Waals surface area contributed by atoms with E-state index in [0.29, 0.717) is 43.9 Å². The van der Waals surface area contributed by atoms with Crippen molar-refractivity contribution < 1.29 is 19.1 Å². The zero-order chi connectivity index (χ0) is 46.0. The van der Waals surface area contributed by atoms with Crippen molar-refractivity contribution in [1.82, 2.24) is 9.80 Å². The van der Waals surface area contributed by atoms with Crippen molar-refractivity contribution >= 4 is 23.3 Å². The second kappa shape index (κ2) is 42.2. The van der Waals surface area contributed by atoms with Crippen molar-refractivity contribution in [3.05, 3.63) is 20.4 Å². The molecule has 0 saturated heterocycles. The van der Waals surface area contributed by atoms with E-state index in [-0.39, 0.29) is 18.0 Å². The van der Waals surface area contributed by atoms with E-state index in [0.717, 1.165) is 135 Å². The number of likely N-dealkylation sites (N-methyl/N-ethyl adjacent to an activating group) is 1. The van der Waals surface area contributed by atoms with Crippen LogP contribution < -0.4 is 21.5 Å². The molecular weight excluding hydrogens is 789 g/mol. The van der Waals surface area contributed by atoms with Gasteiger partial charge in [-0.3, -0.25) is 19.2 Å². The summed E-state index contributed by atoms with van der Waals surface area (Å²) < 4.78 is 11.5. The van der Waals surface area contributed by atoms with Gasteiger partial charge < -0.3 is 29.9 Å². The predicted molar refractivity (Wildman–Crippen MR) is 268 cm³/mol. The van der Waals surface area contributed by atoms with Crippen LogP contribution in [0.1, 0.15) is 239 Å². The third-order valence-electron chi connectivity index (χ3n) is 12.5. The molecule has 0 amide bonds. The van der Waals surface area contributed by atoms with E-state index in [9.17, 15) is 19.2 Å². The number of rotatable bonds is 48. The largest absolute Gasteiger partial charge is 0.466 e. The van der Waals surface area contributed by atoms with Gasteiger partial charge in [-0.25, -0.2) is 0 Å². The molecule has 0 bridgehead atoms. The Labute approximate surface area is 387 Å². The molecule has 10 heteroatoms. The van der Waals surface area contributed by atoms with E-state index in [1.807, 2.05) is 19.0 Å². The number of hydrogen-bond donors (Lipinski definition) is 2. The molecular formula is C53H100N4O6. The molecule has 368 valence electrons. The molecule has 1 aromatic carbocycles. The second-order valence-corrected chi connectivity index (χ2v) is 18.9. The minimum atomic E-state index is -0.425. The van der Waals surface area contributed by atoms with Crippen LogP contribution in [0.3, 0.4) is 0 Å². The van der Waals surface area contributed by atoms with Crippen LogP contribution in [0, 0.1) is 0 Å². The van der Waals surface area contributed by atoms with Crippen molar-refractivity contribution in [2.24, 2.45) is 0 Å². The molecule has 0 saturated carbocycles. The third kappa shape index (κ3) is 33.6. The van der Waals surface area contributed by atoms with Crippen LogP contribution in [-0.4, -0.2) is 87.8 Å². The van der Waals surface area contributed by atoms with Crippen LogP contribution in [0.15, 0.2) is 9.59 Å². The van der Waals surface area contributed by atoms with Gasteiger partial charge in [0, 0.05) is 32.5 Å². The van der Waals surface area contributed by atoms with Crippen LogP contribution in [-0.2, 0) is 19.1 Å². The summed E-state index contributed by atoms with van der Waals surface area (Å²) in [4.78, 5) is 54.1. The molecule has 0 aliphatic rings. The summed E-state index contributed by atoms with van der Waals surface area (Å²) in [6.07, 6.45) is 38.5. The number of unbranched alkanes of at least 4 members (excludes halogenated alkanes) is 24. The lowest BCUT2D eigenvalue weighted by Crippen LogP contribution is -2.39. The fraction of sp³-hybridized carbons (Fsp3) is 0.887. The van der Waals surface area contributed by atoms with Gasteiger partial charge in [-0.15, -0.1) is 0 Å². The first-order valence-corrected chi connectivity index (χ1v) is 26.8. The van der Waals surface area contributed by atoms with Crippen molar-refractivity contribution in [3.63, 3.8) is 0 Å². The number of esters is 2. The van der Waals surface area contributed by atoms with E-state index in [1.54, 1.807) is 0 Å². The van der Waals surface area contributed by atoms with Gasteiger partial charge in [-0.1, -0.05) is 162 Å². The van der Waals surface area contributed by atoms with Gasteiger partial charge in [0.25, 0.3) is 10.9 Å². The standard InChI is InChI=1S/C53H100N4O6/c1-6-9-12-15-18-27-34-46-62-48(58)38-30-23-19-25-32-42-57(44-35-40-54-50-51(53(61)52(50)60)55-41-45-56(4)5)43-33-26-20-24-31-39-49(59)63-47(36-28-21-16-13-10-7-2)37-29-22-17-14-11-8-3/h47,54-55H,6-46H2,1-5H3. The van der Waals surface area contributed by atoms with Gasteiger partial charge in [0.15, 0.2) is 0 Å². The van der Waals surface area contributed by atoms with Crippen molar-refractivity contribution in [3.8, 4) is 0 Å². The van der Waals surface area contributed by atoms with Crippen LogP contribution in [0.5, 0.6) is 0 Å². The lowest BCUT2D eigenvalue weighted by atomic mass is 10.0. The first-order chi connectivity index (χ1) is 30.7. The highest BCUT2D eigenvalue weighted by Gasteiger charge is 2.20. The van der Waals surface area contributed by atoms with Crippen LogP contribution in [0.4, 0.5) is 11.4 Å². The lowest BCUT2D eigenvalue weighted by Gasteiger charge is -2.23. The molecule has 0 heterocycles. The summed E-state index contributed by atoms with van der Waals surface area (Å²) in [7, 11) is 3.96. The first kappa shape index (κ1) is 58.6. The molecule has 2 N–H and O–H groups in total. The highest BCUT2D eigenvalue weighted by molar-refractivity contribution is 5.74. The molecule has 0 aromatic heterocycles. The average molecular weight is 889 g/mol. The molecule has 0 spiro atoms. The maximum atomic E-state index is 12.9. The fourth-order valence-electron chi connectivity index (χ4n) is 8.38. The van der Waals surface area contributed by atoms with Crippen molar-refractivity contribution in [1.29, 1.82) is 0 Å². The Balaban J connectivity index is 2.45. The van der Waals surface area contributed by atoms with E-state index >= 15 is 0 Å². The number of anilines is 2. The van der Waals surface area contributed by atoms with Gasteiger partial charge in [0.05, 0.1) is 6.61 Å². The molecule has 0 aliphatic carbocycles. The van der Waals surface area contributed by atoms with Gasteiger partial charge in [-0.2, -0.15) is 0 Å². The Bertz CT molecular complexity index is 1260. The number of ether oxygens (including phenoxy) is 2. The minimum absolute atomic E-state index is 0.00400. The third-order valence-corrected chi connectivity index (χ3v) is 12.5. The quantitative estimate of drug-likeness (QED) is 0.0372. The smallest absolute Gasteiger partial charge is 0.306 e. The monoisotopic (exact) mass is 889 g/mol. The zero-order valence-electron chi connectivity index (χ0n) is 41.9. The molecule has 1 aromatic rings. The number of nitrogens with one attached hydrogen (secondary N) is 2. The maximum absolute atomic E-state index is 12.9. The SMILES string of the molecule is CCCCCCCCCOC(=O)CCCCCCCN(CCCCCCCC(=O)OC(CCCCCCCC)CCCCCCCC)CCCNc1c(NCCN(C)C)c(=O)c1=O. The number of hydrogen-bond acceptors (Lipinski definition) is 10. The zero-order valence-corrected chi connectivity index (χ0v) is 41.9. The van der Waals surface area contributed by atoms with Gasteiger partial charge >= 0.3 is 11.9 Å². The number of carbonyl (C=O) groups excluding carboxylic acids is 2. The highest BCUT2D eigenvalue weighted by atomic mass is 16.5. The van der Waals surface area contributed by atoms with Crippen LogP contribution >= 0.6 is 0 Å². The van der Waals surface area contributed by atoms with Crippen LogP contribution in [0.25, 0.3) is 0 Å². The Hall–Kier alpha value is -2.46. The summed E-state index contributed by atoms with van der Waals surface area (Å²) in [6, 6.07) is 0. The predicted octanol–water partition coefficient (Wildman–Crippen LogP) is 12.7.